The van der Waals surface area contributed by atoms with Gasteiger partial charge in [0.05, 0.1) is 17.7 Å². The molecular formula is C27H38Cl2FN3O4. The Balaban J connectivity index is 0.000000406. The third kappa shape index (κ3) is 12.2. The maximum atomic E-state index is 14.4. The molecule has 2 aromatic rings. The molecule has 0 bridgehead atoms. The van der Waals surface area contributed by atoms with E-state index in [4.69, 9.17) is 33.4 Å². The summed E-state index contributed by atoms with van der Waals surface area (Å²) in [4.78, 5) is 20.5. The molecule has 0 spiro atoms. The SMILES string of the molecule is CC(C)(C)C.O=CNCCC(O)CO.O=CNc1cc(Cl)ccc1C1CNCC1c1cccc(Cl)c1F. The monoisotopic (exact) mass is 557 g/mol. The van der Waals surface area contributed by atoms with Crippen LogP contribution in [0.3, 0.4) is 0 Å². The second kappa shape index (κ2) is 16.6. The summed E-state index contributed by atoms with van der Waals surface area (Å²) >= 11 is 11.9. The molecule has 3 unspecified atom stereocenters. The Hall–Kier alpha value is -2.23. The first-order valence-electron chi connectivity index (χ1n) is 12.0. The maximum absolute atomic E-state index is 14.4. The average Bonchev–Trinajstić information content (AvgIpc) is 3.30. The van der Waals surface area contributed by atoms with E-state index in [1.54, 1.807) is 30.3 Å². The molecule has 5 N–H and O–H groups in total. The number of carbonyl (C=O) groups is 2. The molecule has 1 aliphatic rings. The average molecular weight is 559 g/mol. The Kier molecular flexibility index (Phi) is 14.7. The molecule has 37 heavy (non-hydrogen) atoms. The molecule has 1 aliphatic heterocycles. The van der Waals surface area contributed by atoms with Gasteiger partial charge in [0, 0.05) is 42.2 Å². The van der Waals surface area contributed by atoms with Gasteiger partial charge in [-0.25, -0.2) is 4.39 Å². The predicted octanol–water partition coefficient (Wildman–Crippen LogP) is 4.70. The number of rotatable bonds is 9. The van der Waals surface area contributed by atoms with Gasteiger partial charge in [0.15, 0.2) is 0 Å². The van der Waals surface area contributed by atoms with Gasteiger partial charge in [-0.2, -0.15) is 0 Å². The molecule has 1 heterocycles. The van der Waals surface area contributed by atoms with Crippen molar-refractivity contribution in [2.45, 2.75) is 52.1 Å². The van der Waals surface area contributed by atoms with Crippen LogP contribution in [-0.4, -0.2) is 55.4 Å². The van der Waals surface area contributed by atoms with Crippen LogP contribution in [0.15, 0.2) is 36.4 Å². The number of carbonyl (C=O) groups excluding carboxylic acids is 2. The Bertz CT molecular complexity index is 983. The number of aliphatic hydroxyl groups is 2. The molecule has 7 nitrogen and oxygen atoms in total. The number of hydrogen-bond donors (Lipinski definition) is 5. The van der Waals surface area contributed by atoms with Crippen molar-refractivity contribution in [3.63, 3.8) is 0 Å². The van der Waals surface area contributed by atoms with E-state index < -0.39 is 6.10 Å². The van der Waals surface area contributed by atoms with Crippen LogP contribution in [0.25, 0.3) is 0 Å². The summed E-state index contributed by atoms with van der Waals surface area (Å²) in [6.07, 6.45) is 0.865. The van der Waals surface area contributed by atoms with E-state index in [1.807, 2.05) is 6.07 Å². The predicted molar refractivity (Wildman–Crippen MR) is 148 cm³/mol. The van der Waals surface area contributed by atoms with Gasteiger partial charge < -0.3 is 26.2 Å². The van der Waals surface area contributed by atoms with Crippen molar-refractivity contribution in [3.8, 4) is 0 Å². The summed E-state index contributed by atoms with van der Waals surface area (Å²) in [6, 6.07) is 10.4. The lowest BCUT2D eigenvalue weighted by molar-refractivity contribution is -0.109. The molecule has 1 saturated heterocycles. The van der Waals surface area contributed by atoms with E-state index in [9.17, 15) is 14.0 Å². The second-order valence-corrected chi connectivity index (χ2v) is 11.0. The molecule has 0 aromatic heterocycles. The topological polar surface area (TPSA) is 111 Å². The first kappa shape index (κ1) is 32.8. The number of amides is 2. The molecule has 0 radical (unpaired) electrons. The highest BCUT2D eigenvalue weighted by Crippen LogP contribution is 2.41. The standard InChI is InChI=1S/C17H15Cl2FN2O.C5H11NO3.C5H12/c18-10-4-5-11(16(6-10)22-9-23)13-7-21-8-14(13)12-2-1-3-15(19)17(12)20;7-3-5(9)1-2-6-4-8;1-5(2,3)4/h1-6,9,13-14,21H,7-8H2,(H,22,23);4-5,7,9H,1-3H2,(H,6,8);1-4H3. The van der Waals surface area contributed by atoms with E-state index >= 15 is 0 Å². The summed E-state index contributed by atoms with van der Waals surface area (Å²) in [5, 5.41) is 25.9. The van der Waals surface area contributed by atoms with Crippen LogP contribution in [0, 0.1) is 11.2 Å². The summed E-state index contributed by atoms with van der Waals surface area (Å²) in [7, 11) is 0. The Labute approximate surface area is 228 Å². The lowest BCUT2D eigenvalue weighted by Gasteiger charge is -2.22. The zero-order chi connectivity index (χ0) is 28.0. The van der Waals surface area contributed by atoms with Crippen LogP contribution in [0.2, 0.25) is 10.0 Å². The van der Waals surface area contributed by atoms with Crippen molar-refractivity contribution >= 4 is 41.7 Å². The van der Waals surface area contributed by atoms with Gasteiger partial charge in [-0.05, 0) is 41.2 Å². The second-order valence-electron chi connectivity index (χ2n) is 10.2. The third-order valence-corrected chi connectivity index (χ3v) is 5.67. The van der Waals surface area contributed by atoms with Gasteiger partial charge in [0.25, 0.3) is 0 Å². The van der Waals surface area contributed by atoms with Crippen molar-refractivity contribution < 1.29 is 24.2 Å². The van der Waals surface area contributed by atoms with Crippen LogP contribution >= 0.6 is 23.2 Å². The van der Waals surface area contributed by atoms with Gasteiger partial charge in [0.1, 0.15) is 5.82 Å². The highest BCUT2D eigenvalue weighted by Gasteiger charge is 2.33. The normalized spacial score (nSPS) is 17.4. The first-order valence-corrected chi connectivity index (χ1v) is 12.8. The van der Waals surface area contributed by atoms with E-state index in [1.165, 1.54) is 0 Å². The van der Waals surface area contributed by atoms with Crippen LogP contribution in [0.1, 0.15) is 57.1 Å². The molecule has 206 valence electrons. The molecule has 2 amide bonds. The minimum atomic E-state index is -0.711. The lowest BCUT2D eigenvalue weighted by Crippen LogP contribution is -2.21. The fourth-order valence-corrected chi connectivity index (χ4v) is 3.93. The number of halogens is 3. The van der Waals surface area contributed by atoms with E-state index in [0.29, 0.717) is 60.6 Å². The van der Waals surface area contributed by atoms with Crippen LogP contribution in [-0.2, 0) is 9.59 Å². The fourth-order valence-electron chi connectivity index (χ4n) is 3.58. The third-order valence-electron chi connectivity index (χ3n) is 5.14. The number of hydrogen-bond acceptors (Lipinski definition) is 5. The molecular weight excluding hydrogens is 520 g/mol. The van der Waals surface area contributed by atoms with Crippen molar-refractivity contribution in [1.82, 2.24) is 10.6 Å². The van der Waals surface area contributed by atoms with E-state index in [-0.39, 0.29) is 29.3 Å². The lowest BCUT2D eigenvalue weighted by atomic mass is 9.83. The van der Waals surface area contributed by atoms with E-state index in [2.05, 4.69) is 43.6 Å². The highest BCUT2D eigenvalue weighted by molar-refractivity contribution is 6.31. The fraction of sp³-hybridized carbons (Fsp3) is 0.481. The zero-order valence-corrected chi connectivity index (χ0v) is 23.2. The summed E-state index contributed by atoms with van der Waals surface area (Å²) < 4.78 is 14.4. The largest absolute Gasteiger partial charge is 0.394 e. The Morgan fingerprint density at radius 2 is 1.70 bits per heavy atom. The minimum absolute atomic E-state index is 0.0164. The van der Waals surface area contributed by atoms with Crippen molar-refractivity contribution in [3.05, 3.63) is 63.4 Å². The molecule has 0 saturated carbocycles. The highest BCUT2D eigenvalue weighted by atomic mass is 35.5. The van der Waals surface area contributed by atoms with Gasteiger partial charge in [0.2, 0.25) is 12.8 Å². The van der Waals surface area contributed by atoms with Crippen LogP contribution in [0.5, 0.6) is 0 Å². The Morgan fingerprint density at radius 1 is 1.08 bits per heavy atom. The van der Waals surface area contributed by atoms with Gasteiger partial charge in [-0.1, -0.05) is 69.1 Å². The summed E-state index contributed by atoms with van der Waals surface area (Å²) in [5.74, 6) is -0.434. The van der Waals surface area contributed by atoms with Crippen LogP contribution < -0.4 is 16.0 Å². The number of anilines is 1. The number of benzene rings is 2. The van der Waals surface area contributed by atoms with Gasteiger partial charge in [-0.15, -0.1) is 0 Å². The maximum Gasteiger partial charge on any atom is 0.211 e. The van der Waals surface area contributed by atoms with Crippen molar-refractivity contribution in [2.75, 3.05) is 31.6 Å². The molecule has 1 fully saturated rings. The van der Waals surface area contributed by atoms with Crippen LogP contribution in [0.4, 0.5) is 10.1 Å². The molecule has 2 aromatic carbocycles. The minimum Gasteiger partial charge on any atom is -0.394 e. The smallest absolute Gasteiger partial charge is 0.211 e. The summed E-state index contributed by atoms with van der Waals surface area (Å²) in [6.45, 7) is 10.2. The molecule has 3 rings (SSSR count). The quantitative estimate of drug-likeness (QED) is 0.227. The zero-order valence-electron chi connectivity index (χ0n) is 21.7. The summed E-state index contributed by atoms with van der Waals surface area (Å²) in [5.41, 5.74) is 2.66. The molecule has 0 aliphatic carbocycles. The molecule has 3 atom stereocenters. The van der Waals surface area contributed by atoms with E-state index in [0.717, 1.165) is 5.56 Å². The Morgan fingerprint density at radius 3 is 2.27 bits per heavy atom. The van der Waals surface area contributed by atoms with Crippen molar-refractivity contribution in [1.29, 1.82) is 0 Å². The molecule has 10 heteroatoms. The van der Waals surface area contributed by atoms with Gasteiger partial charge in [-0.3, -0.25) is 9.59 Å². The number of aliphatic hydroxyl groups excluding tert-OH is 2. The van der Waals surface area contributed by atoms with Gasteiger partial charge >= 0.3 is 0 Å². The first-order chi connectivity index (χ1) is 17.4. The number of nitrogens with one attached hydrogen (secondary N) is 3. The van der Waals surface area contributed by atoms with Crippen molar-refractivity contribution in [2.24, 2.45) is 5.41 Å².